The van der Waals surface area contributed by atoms with E-state index in [1.165, 1.54) is 0 Å². The number of carbonyl (C=O) groups excluding carboxylic acids is 1. The number of esters is 1. The number of nitrogens with zero attached hydrogens (tertiary/aromatic N) is 1. The number of nitrogens with two attached hydrogens (primary N) is 1. The zero-order valence-corrected chi connectivity index (χ0v) is 10.2. The molecule has 0 saturated heterocycles. The molecule has 1 aliphatic rings. The fourth-order valence-corrected chi connectivity index (χ4v) is 1.30. The monoisotopic (exact) mass is 228 g/mol. The van der Waals surface area contributed by atoms with Gasteiger partial charge in [-0.05, 0) is 33.7 Å². The van der Waals surface area contributed by atoms with Gasteiger partial charge in [-0.1, -0.05) is 0 Å². The molecule has 0 amide bonds. The van der Waals surface area contributed by atoms with Crippen molar-refractivity contribution in [3.63, 3.8) is 0 Å². The van der Waals surface area contributed by atoms with E-state index in [2.05, 4.69) is 4.99 Å². The Kier molecular flexibility index (Phi) is 4.29. The molecule has 1 rings (SSSR count). The molecule has 0 fully saturated rings. The molecule has 5 nitrogen and oxygen atoms in total. The van der Waals surface area contributed by atoms with Gasteiger partial charge in [0, 0.05) is 6.42 Å². The van der Waals surface area contributed by atoms with Gasteiger partial charge in [0.2, 0.25) is 0 Å². The first-order valence-electron chi connectivity index (χ1n) is 5.55. The van der Waals surface area contributed by atoms with Crippen molar-refractivity contribution in [3.8, 4) is 0 Å². The second-order valence-electron chi connectivity index (χ2n) is 4.78. The number of carbonyl (C=O) groups is 1. The van der Waals surface area contributed by atoms with Gasteiger partial charge >= 0.3 is 5.97 Å². The van der Waals surface area contributed by atoms with Crippen LogP contribution in [0.25, 0.3) is 0 Å². The van der Waals surface area contributed by atoms with Crippen LogP contribution in [-0.2, 0) is 14.3 Å². The molecule has 0 saturated carbocycles. The standard InChI is InChI=1S/C11H20N2O3/c1-11(2,3)16-10(14)8-7-15-9(13-8)5-4-6-12/h8H,4-7,12H2,1-3H3. The van der Waals surface area contributed by atoms with Crippen molar-refractivity contribution in [2.45, 2.75) is 45.3 Å². The maximum Gasteiger partial charge on any atom is 0.335 e. The van der Waals surface area contributed by atoms with Crippen LogP contribution in [-0.4, -0.2) is 36.7 Å². The molecule has 16 heavy (non-hydrogen) atoms. The van der Waals surface area contributed by atoms with Gasteiger partial charge < -0.3 is 15.2 Å². The summed E-state index contributed by atoms with van der Waals surface area (Å²) in [5.41, 5.74) is 4.90. The highest BCUT2D eigenvalue weighted by Crippen LogP contribution is 2.14. The normalized spacial score (nSPS) is 20.2. The smallest absolute Gasteiger partial charge is 0.335 e. The van der Waals surface area contributed by atoms with Crippen molar-refractivity contribution >= 4 is 11.9 Å². The maximum absolute atomic E-state index is 11.6. The number of aliphatic imine (C=N–C) groups is 1. The number of ether oxygens (including phenoxy) is 2. The molecule has 0 aliphatic carbocycles. The highest BCUT2D eigenvalue weighted by Gasteiger charge is 2.29. The Morgan fingerprint density at radius 1 is 1.62 bits per heavy atom. The quantitative estimate of drug-likeness (QED) is 0.724. The van der Waals surface area contributed by atoms with E-state index in [0.717, 1.165) is 6.42 Å². The Balaban J connectivity index is 2.45. The first-order chi connectivity index (χ1) is 7.42. The van der Waals surface area contributed by atoms with Crippen LogP contribution in [0.4, 0.5) is 0 Å². The van der Waals surface area contributed by atoms with Crippen LogP contribution < -0.4 is 5.73 Å². The third-order valence-electron chi connectivity index (χ3n) is 1.98. The molecule has 0 aromatic rings. The summed E-state index contributed by atoms with van der Waals surface area (Å²) >= 11 is 0. The molecule has 1 unspecified atom stereocenters. The van der Waals surface area contributed by atoms with Gasteiger partial charge in [0.1, 0.15) is 12.2 Å². The fourth-order valence-electron chi connectivity index (χ4n) is 1.30. The summed E-state index contributed by atoms with van der Waals surface area (Å²) in [6.45, 7) is 6.38. The van der Waals surface area contributed by atoms with Crippen LogP contribution in [0.15, 0.2) is 4.99 Å². The van der Waals surface area contributed by atoms with Gasteiger partial charge in [0.05, 0.1) is 0 Å². The molecule has 5 heteroatoms. The van der Waals surface area contributed by atoms with Crippen molar-refractivity contribution in [3.05, 3.63) is 0 Å². The Labute approximate surface area is 96.0 Å². The average molecular weight is 228 g/mol. The van der Waals surface area contributed by atoms with E-state index in [9.17, 15) is 4.79 Å². The van der Waals surface area contributed by atoms with Crippen molar-refractivity contribution in [1.29, 1.82) is 0 Å². The molecule has 1 heterocycles. The lowest BCUT2D eigenvalue weighted by Gasteiger charge is -2.20. The Bertz CT molecular complexity index is 281. The molecule has 92 valence electrons. The highest BCUT2D eigenvalue weighted by atomic mass is 16.6. The van der Waals surface area contributed by atoms with E-state index in [1.807, 2.05) is 20.8 Å². The molecular weight excluding hydrogens is 208 g/mol. The molecule has 0 aromatic heterocycles. The molecular formula is C11H20N2O3. The van der Waals surface area contributed by atoms with Crippen LogP contribution in [0.1, 0.15) is 33.6 Å². The summed E-state index contributed by atoms with van der Waals surface area (Å²) in [4.78, 5) is 15.8. The molecule has 1 aliphatic heterocycles. The Hall–Kier alpha value is -1.10. The van der Waals surface area contributed by atoms with Crippen LogP contribution in [0.5, 0.6) is 0 Å². The van der Waals surface area contributed by atoms with Crippen molar-refractivity contribution in [1.82, 2.24) is 0 Å². The van der Waals surface area contributed by atoms with E-state index in [1.54, 1.807) is 0 Å². The summed E-state index contributed by atoms with van der Waals surface area (Å²) < 4.78 is 10.5. The third kappa shape index (κ3) is 4.18. The summed E-state index contributed by atoms with van der Waals surface area (Å²) in [5.74, 6) is 0.288. The predicted octanol–water partition coefficient (Wildman–Crippen LogP) is 0.864. The van der Waals surface area contributed by atoms with E-state index in [0.29, 0.717) is 18.9 Å². The third-order valence-corrected chi connectivity index (χ3v) is 1.98. The van der Waals surface area contributed by atoms with Gasteiger partial charge in [0.15, 0.2) is 11.9 Å². The average Bonchev–Trinajstić information content (AvgIpc) is 2.60. The fraction of sp³-hybridized carbons (Fsp3) is 0.818. The molecule has 1 atom stereocenters. The molecule has 2 N–H and O–H groups in total. The minimum Gasteiger partial charge on any atom is -0.478 e. The number of hydrogen-bond acceptors (Lipinski definition) is 5. The zero-order chi connectivity index (χ0) is 12.2. The Morgan fingerprint density at radius 3 is 2.88 bits per heavy atom. The first-order valence-corrected chi connectivity index (χ1v) is 5.55. The summed E-state index contributed by atoms with van der Waals surface area (Å²) in [7, 11) is 0. The SMILES string of the molecule is CC(C)(C)OC(=O)C1COC(CCCN)=N1. The highest BCUT2D eigenvalue weighted by molar-refractivity contribution is 5.85. The first kappa shape index (κ1) is 13.0. The summed E-state index contributed by atoms with van der Waals surface area (Å²) in [5, 5.41) is 0. The molecule has 0 aromatic carbocycles. The van der Waals surface area contributed by atoms with Crippen LogP contribution in [0.2, 0.25) is 0 Å². The van der Waals surface area contributed by atoms with E-state index >= 15 is 0 Å². The largest absolute Gasteiger partial charge is 0.478 e. The minimum absolute atomic E-state index is 0.287. The van der Waals surface area contributed by atoms with Gasteiger partial charge in [-0.15, -0.1) is 0 Å². The molecule has 0 bridgehead atoms. The summed E-state index contributed by atoms with van der Waals surface area (Å²) in [6.07, 6.45) is 1.51. The number of hydrogen-bond donors (Lipinski definition) is 1. The lowest BCUT2D eigenvalue weighted by molar-refractivity contribution is -0.156. The van der Waals surface area contributed by atoms with Crippen molar-refractivity contribution in [2.24, 2.45) is 10.7 Å². The van der Waals surface area contributed by atoms with Crippen LogP contribution in [0, 0.1) is 0 Å². The van der Waals surface area contributed by atoms with Crippen LogP contribution >= 0.6 is 0 Å². The topological polar surface area (TPSA) is 73.9 Å². The lowest BCUT2D eigenvalue weighted by atomic mass is 10.2. The van der Waals surface area contributed by atoms with Gasteiger partial charge in [-0.25, -0.2) is 9.79 Å². The second-order valence-corrected chi connectivity index (χ2v) is 4.78. The van der Waals surface area contributed by atoms with E-state index in [-0.39, 0.29) is 12.6 Å². The van der Waals surface area contributed by atoms with Crippen molar-refractivity contribution < 1.29 is 14.3 Å². The lowest BCUT2D eigenvalue weighted by Crippen LogP contribution is -2.31. The van der Waals surface area contributed by atoms with E-state index < -0.39 is 11.6 Å². The predicted molar refractivity (Wildman–Crippen MR) is 61.3 cm³/mol. The van der Waals surface area contributed by atoms with Crippen LogP contribution in [0.3, 0.4) is 0 Å². The molecule has 0 radical (unpaired) electrons. The zero-order valence-electron chi connectivity index (χ0n) is 10.2. The summed E-state index contributed by atoms with van der Waals surface area (Å²) in [6, 6.07) is -0.507. The van der Waals surface area contributed by atoms with Crippen molar-refractivity contribution in [2.75, 3.05) is 13.2 Å². The second kappa shape index (κ2) is 5.30. The number of rotatable bonds is 4. The van der Waals surface area contributed by atoms with Gasteiger partial charge in [-0.3, -0.25) is 0 Å². The van der Waals surface area contributed by atoms with Gasteiger partial charge in [-0.2, -0.15) is 0 Å². The van der Waals surface area contributed by atoms with Gasteiger partial charge in [0.25, 0.3) is 0 Å². The minimum atomic E-state index is -0.507. The molecule has 0 spiro atoms. The van der Waals surface area contributed by atoms with E-state index in [4.69, 9.17) is 15.2 Å². The maximum atomic E-state index is 11.6. The Morgan fingerprint density at radius 2 is 2.31 bits per heavy atom.